The van der Waals surface area contributed by atoms with E-state index >= 15 is 0 Å². The van der Waals surface area contributed by atoms with Gasteiger partial charge in [-0.1, -0.05) is 6.07 Å². The van der Waals surface area contributed by atoms with Crippen LogP contribution < -0.4 is 15.8 Å². The Hall–Kier alpha value is -3.69. The molecule has 3 aromatic rings. The van der Waals surface area contributed by atoms with Crippen LogP contribution in [0.4, 0.5) is 19.4 Å². The number of hydrogen-bond donors (Lipinski definition) is 2. The third-order valence-electron chi connectivity index (χ3n) is 6.98. The molecular weight excluding hydrogens is 454 g/mol. The number of carbonyl (C=O) groups is 1. The van der Waals surface area contributed by atoms with Crippen LogP contribution in [0.2, 0.25) is 0 Å². The summed E-state index contributed by atoms with van der Waals surface area (Å²) in [6, 6.07) is 7.38. The second-order valence-electron chi connectivity index (χ2n) is 9.18. The zero-order chi connectivity index (χ0) is 24.7. The van der Waals surface area contributed by atoms with Crippen LogP contribution in [0.25, 0.3) is 11.3 Å². The van der Waals surface area contributed by atoms with E-state index in [9.17, 15) is 13.6 Å². The van der Waals surface area contributed by atoms with Crippen LogP contribution in [0.3, 0.4) is 0 Å². The van der Waals surface area contributed by atoms with Crippen LogP contribution in [0.5, 0.6) is 5.75 Å². The van der Waals surface area contributed by atoms with E-state index in [4.69, 9.17) is 15.6 Å². The second kappa shape index (κ2) is 8.83. The molecule has 0 saturated carbocycles. The largest absolute Gasteiger partial charge is 0.482 e. The zero-order valence-corrected chi connectivity index (χ0v) is 19.7. The molecule has 0 bridgehead atoms. The number of rotatable bonds is 5. The maximum atomic E-state index is 14.2. The summed E-state index contributed by atoms with van der Waals surface area (Å²) in [4.78, 5) is 18.4. The molecule has 2 aliphatic heterocycles. The van der Waals surface area contributed by atoms with Crippen molar-refractivity contribution in [1.29, 1.82) is 0 Å². The van der Waals surface area contributed by atoms with Gasteiger partial charge in [-0.25, -0.2) is 18.6 Å². The fraction of sp³-hybridized carbons (Fsp3) is 0.400. The monoisotopic (exact) mass is 482 g/mol. The Morgan fingerprint density at radius 2 is 2.00 bits per heavy atom. The van der Waals surface area contributed by atoms with Crippen molar-refractivity contribution in [2.75, 3.05) is 25.4 Å². The smallest absolute Gasteiger partial charge is 0.317 e. The lowest BCUT2D eigenvalue weighted by atomic mass is 9.82. The van der Waals surface area contributed by atoms with Gasteiger partial charge in [-0.15, -0.1) is 0 Å². The molecule has 2 amide bonds. The van der Waals surface area contributed by atoms with Gasteiger partial charge < -0.3 is 20.7 Å². The van der Waals surface area contributed by atoms with Crippen LogP contribution >= 0.6 is 0 Å². The lowest BCUT2D eigenvalue weighted by molar-refractivity contribution is 0.206. The van der Waals surface area contributed by atoms with Crippen molar-refractivity contribution < 1.29 is 18.3 Å². The summed E-state index contributed by atoms with van der Waals surface area (Å²) < 4.78 is 36.2. The molecule has 8 nitrogen and oxygen atoms in total. The van der Waals surface area contributed by atoms with Crippen molar-refractivity contribution >= 4 is 11.8 Å². The SMILES string of the molecule is CCNC(=O)N1CC[C@@]2(CCn3nc(-c4cnc(N)c(O[C@H](C)c5c(F)cccc5F)c4)cc32)C1. The second-order valence-corrected chi connectivity index (χ2v) is 9.18. The first-order valence-corrected chi connectivity index (χ1v) is 11.8. The fourth-order valence-electron chi connectivity index (χ4n) is 5.16. The number of nitrogens with two attached hydrogens (primary N) is 1. The molecule has 35 heavy (non-hydrogen) atoms. The number of aromatic nitrogens is 3. The number of carbonyl (C=O) groups excluding carboxylic acids is 1. The molecular formula is C25H28F2N6O2. The molecule has 1 aromatic carbocycles. The molecule has 0 unspecified atom stereocenters. The summed E-state index contributed by atoms with van der Waals surface area (Å²) in [7, 11) is 0. The molecule has 2 atom stereocenters. The van der Waals surface area contributed by atoms with E-state index in [1.165, 1.54) is 18.2 Å². The van der Waals surface area contributed by atoms with Gasteiger partial charge in [0.1, 0.15) is 17.7 Å². The minimum absolute atomic E-state index is 0.0347. The Bertz CT molecular complexity index is 1260. The number of pyridine rings is 1. The number of nitrogens with zero attached hydrogens (tertiary/aromatic N) is 4. The number of anilines is 1. The maximum Gasteiger partial charge on any atom is 0.317 e. The number of benzene rings is 1. The highest BCUT2D eigenvalue weighted by atomic mass is 19.1. The molecule has 5 rings (SSSR count). The maximum absolute atomic E-state index is 14.2. The highest BCUT2D eigenvalue weighted by Crippen LogP contribution is 2.44. The van der Waals surface area contributed by atoms with Gasteiger partial charge >= 0.3 is 6.03 Å². The number of nitrogens with one attached hydrogen (secondary N) is 1. The van der Waals surface area contributed by atoms with Gasteiger partial charge in [-0.3, -0.25) is 4.68 Å². The lowest BCUT2D eigenvalue weighted by Gasteiger charge is -2.23. The minimum Gasteiger partial charge on any atom is -0.482 e. The summed E-state index contributed by atoms with van der Waals surface area (Å²) >= 11 is 0. The summed E-state index contributed by atoms with van der Waals surface area (Å²) in [5.74, 6) is -1.03. The quantitative estimate of drug-likeness (QED) is 0.572. The predicted octanol–water partition coefficient (Wildman–Crippen LogP) is 4.02. The molecule has 1 saturated heterocycles. The standard InChI is InChI=1S/C25H28F2N6O2/c1-3-29-24(34)32-9-7-25(14-32)8-10-33-21(25)12-19(31-33)16-11-20(23(28)30-13-16)35-15(2)22-17(26)5-4-6-18(22)27/h4-6,11-13,15H,3,7-10,14H2,1-2H3,(H2,28,30)(H,29,34)/t15-,25-/m1/s1. The van der Waals surface area contributed by atoms with Crippen molar-refractivity contribution in [3.05, 3.63) is 59.4 Å². The van der Waals surface area contributed by atoms with Crippen LogP contribution in [-0.2, 0) is 12.0 Å². The van der Waals surface area contributed by atoms with E-state index in [2.05, 4.69) is 10.3 Å². The first kappa shape index (κ1) is 23.1. The van der Waals surface area contributed by atoms with Crippen molar-refractivity contribution in [2.45, 2.75) is 44.8 Å². The molecule has 184 valence electrons. The van der Waals surface area contributed by atoms with Crippen LogP contribution in [-0.4, -0.2) is 45.3 Å². The summed E-state index contributed by atoms with van der Waals surface area (Å²) in [6.07, 6.45) is 2.52. The first-order chi connectivity index (χ1) is 16.8. The van der Waals surface area contributed by atoms with Crippen molar-refractivity contribution in [1.82, 2.24) is 25.0 Å². The number of aryl methyl sites for hydroxylation is 1. The molecule has 4 heterocycles. The van der Waals surface area contributed by atoms with E-state index in [1.54, 1.807) is 19.2 Å². The highest BCUT2D eigenvalue weighted by molar-refractivity contribution is 5.75. The van der Waals surface area contributed by atoms with E-state index in [0.29, 0.717) is 30.9 Å². The Morgan fingerprint density at radius 3 is 2.74 bits per heavy atom. The molecule has 2 aliphatic rings. The third kappa shape index (κ3) is 4.06. The minimum atomic E-state index is -0.912. The molecule has 0 radical (unpaired) electrons. The summed E-state index contributed by atoms with van der Waals surface area (Å²) in [5.41, 5.74) is 8.22. The van der Waals surface area contributed by atoms with Crippen LogP contribution in [0.1, 0.15) is 44.1 Å². The number of halogens is 2. The lowest BCUT2D eigenvalue weighted by Crippen LogP contribution is -2.40. The Labute approximate surface area is 202 Å². The third-order valence-corrected chi connectivity index (χ3v) is 6.98. The van der Waals surface area contributed by atoms with Gasteiger partial charge in [0.25, 0.3) is 0 Å². The van der Waals surface area contributed by atoms with Gasteiger partial charge in [0.05, 0.1) is 11.3 Å². The average molecular weight is 483 g/mol. The number of hydrogen-bond acceptors (Lipinski definition) is 5. The molecule has 1 spiro atoms. The van der Waals surface area contributed by atoms with Crippen molar-refractivity contribution in [3.8, 4) is 17.0 Å². The zero-order valence-electron chi connectivity index (χ0n) is 19.7. The van der Waals surface area contributed by atoms with Crippen molar-refractivity contribution in [3.63, 3.8) is 0 Å². The molecule has 3 N–H and O–H groups in total. The van der Waals surface area contributed by atoms with Gasteiger partial charge in [-0.2, -0.15) is 5.10 Å². The number of ether oxygens (including phenoxy) is 1. The molecule has 10 heteroatoms. The predicted molar refractivity (Wildman–Crippen MR) is 127 cm³/mol. The highest BCUT2D eigenvalue weighted by Gasteiger charge is 2.46. The molecule has 1 fully saturated rings. The average Bonchev–Trinajstić information content (AvgIpc) is 3.52. The van der Waals surface area contributed by atoms with E-state index in [1.807, 2.05) is 22.6 Å². The van der Waals surface area contributed by atoms with E-state index in [-0.39, 0.29) is 28.6 Å². The van der Waals surface area contributed by atoms with Gasteiger partial charge in [-0.05, 0) is 51.0 Å². The first-order valence-electron chi connectivity index (χ1n) is 11.8. The molecule has 2 aromatic heterocycles. The van der Waals surface area contributed by atoms with Gasteiger partial charge in [0.15, 0.2) is 11.6 Å². The fourth-order valence-corrected chi connectivity index (χ4v) is 5.16. The van der Waals surface area contributed by atoms with E-state index in [0.717, 1.165) is 25.1 Å². The Kier molecular flexibility index (Phi) is 5.82. The van der Waals surface area contributed by atoms with Gasteiger partial charge in [0.2, 0.25) is 0 Å². The number of urea groups is 1. The molecule has 0 aliphatic carbocycles. The van der Waals surface area contributed by atoms with Crippen LogP contribution in [0.15, 0.2) is 36.5 Å². The summed E-state index contributed by atoms with van der Waals surface area (Å²) in [5, 5.41) is 7.64. The van der Waals surface area contributed by atoms with Gasteiger partial charge in [0, 0.05) is 49.0 Å². The normalized spacial score (nSPS) is 19.7. The Morgan fingerprint density at radius 1 is 1.26 bits per heavy atom. The topological polar surface area (TPSA) is 98.3 Å². The number of likely N-dealkylation sites (tertiary alicyclic amines) is 1. The van der Waals surface area contributed by atoms with Crippen LogP contribution in [0, 0.1) is 11.6 Å². The number of amides is 2. The summed E-state index contributed by atoms with van der Waals surface area (Å²) in [6.45, 7) is 6.20. The van der Waals surface area contributed by atoms with Crippen molar-refractivity contribution in [2.24, 2.45) is 0 Å². The Balaban J connectivity index is 1.40. The number of fused-ring (bicyclic) bond motifs is 2. The van der Waals surface area contributed by atoms with E-state index < -0.39 is 17.7 Å². The number of nitrogen functional groups attached to an aromatic ring is 1.